The fourth-order valence-corrected chi connectivity index (χ4v) is 0.777. The highest BCUT2D eigenvalue weighted by atomic mass is 19.1. The van der Waals surface area contributed by atoms with Gasteiger partial charge in [0, 0.05) is 0 Å². The molecule has 1 aromatic rings. The van der Waals surface area contributed by atoms with Gasteiger partial charge in [0.2, 0.25) is 0 Å². The summed E-state index contributed by atoms with van der Waals surface area (Å²) in [6.07, 6.45) is 2.06. The largest absolute Gasteiger partial charge is 0.468 e. The minimum Gasteiger partial charge on any atom is -0.468 e. The van der Waals surface area contributed by atoms with Crippen molar-refractivity contribution in [2.24, 2.45) is 5.73 Å². The maximum absolute atomic E-state index is 12.6. The van der Waals surface area contributed by atoms with Gasteiger partial charge in [-0.25, -0.2) is 9.82 Å². The molecule has 0 saturated heterocycles. The van der Waals surface area contributed by atoms with Crippen LogP contribution in [0.25, 0.3) is 0 Å². The minimum absolute atomic E-state index is 0.230. The second-order valence-corrected chi connectivity index (χ2v) is 2.46. The van der Waals surface area contributed by atoms with Crippen LogP contribution in [0.3, 0.4) is 0 Å². The lowest BCUT2D eigenvalue weighted by Gasteiger charge is -2.06. The predicted molar refractivity (Wildman–Crippen MR) is 49.8 cm³/mol. The standard InChI is InChI=1S/C8H11FN4O/c9-7(4-10)8(11)13-12-5-6-2-1-3-14-6/h1-4,10,12-13H,5,11H2/b8-7-,10-4?. The molecule has 0 radical (unpaired) electrons. The molecule has 0 aliphatic heterocycles. The number of rotatable bonds is 5. The summed E-state index contributed by atoms with van der Waals surface area (Å²) in [5.74, 6) is -0.357. The molecule has 0 unspecified atom stereocenters. The van der Waals surface area contributed by atoms with Crippen LogP contribution in [0.4, 0.5) is 4.39 Å². The van der Waals surface area contributed by atoms with Crippen LogP contribution in [0, 0.1) is 5.41 Å². The number of hydrogen-bond donors (Lipinski definition) is 4. The van der Waals surface area contributed by atoms with Crippen molar-refractivity contribution >= 4 is 6.21 Å². The third-order valence-electron chi connectivity index (χ3n) is 1.45. The Morgan fingerprint density at radius 3 is 3.07 bits per heavy atom. The van der Waals surface area contributed by atoms with E-state index >= 15 is 0 Å². The summed E-state index contributed by atoms with van der Waals surface area (Å²) in [4.78, 5) is 0. The van der Waals surface area contributed by atoms with Gasteiger partial charge in [0.15, 0.2) is 5.83 Å². The minimum atomic E-state index is -0.822. The highest BCUT2D eigenvalue weighted by Gasteiger charge is 1.98. The molecule has 1 heterocycles. The number of halogens is 1. The molecule has 0 spiro atoms. The Morgan fingerprint density at radius 1 is 1.71 bits per heavy atom. The number of allylic oxidation sites excluding steroid dienone is 1. The summed E-state index contributed by atoms with van der Waals surface area (Å²) in [5.41, 5.74) is 10.2. The van der Waals surface area contributed by atoms with Crippen LogP contribution < -0.4 is 16.6 Å². The average molecular weight is 198 g/mol. The zero-order valence-corrected chi connectivity index (χ0v) is 7.38. The van der Waals surface area contributed by atoms with Crippen molar-refractivity contribution in [1.82, 2.24) is 10.9 Å². The zero-order valence-electron chi connectivity index (χ0n) is 7.38. The normalized spacial score (nSPS) is 12.1. The molecule has 0 aliphatic rings. The Balaban J connectivity index is 2.32. The highest BCUT2D eigenvalue weighted by Crippen LogP contribution is 1.98. The molecule has 1 rings (SSSR count). The van der Waals surface area contributed by atoms with Crippen LogP contribution >= 0.6 is 0 Å². The van der Waals surface area contributed by atoms with E-state index in [0.717, 1.165) is 0 Å². The van der Waals surface area contributed by atoms with Gasteiger partial charge in [0.25, 0.3) is 0 Å². The number of nitrogens with two attached hydrogens (primary N) is 1. The molecule has 0 saturated carbocycles. The summed E-state index contributed by atoms with van der Waals surface area (Å²) < 4.78 is 17.6. The van der Waals surface area contributed by atoms with E-state index in [1.165, 1.54) is 6.26 Å². The Hall–Kier alpha value is -1.82. The molecule has 0 aromatic carbocycles. The third-order valence-corrected chi connectivity index (χ3v) is 1.45. The number of furan rings is 1. The van der Waals surface area contributed by atoms with Crippen molar-refractivity contribution in [2.75, 3.05) is 0 Å². The van der Waals surface area contributed by atoms with E-state index in [1.807, 2.05) is 0 Å². The molecule has 1 aromatic heterocycles. The molecular formula is C8H11FN4O. The number of hydrogen-bond acceptors (Lipinski definition) is 5. The molecule has 0 amide bonds. The molecule has 0 bridgehead atoms. The third kappa shape index (κ3) is 2.91. The van der Waals surface area contributed by atoms with Gasteiger partial charge in [-0.15, -0.1) is 0 Å². The smallest absolute Gasteiger partial charge is 0.181 e. The van der Waals surface area contributed by atoms with E-state index < -0.39 is 5.83 Å². The highest BCUT2D eigenvalue weighted by molar-refractivity contribution is 5.73. The summed E-state index contributed by atoms with van der Waals surface area (Å²) >= 11 is 0. The first-order valence-corrected chi connectivity index (χ1v) is 3.91. The number of hydrazine groups is 1. The van der Waals surface area contributed by atoms with Crippen LogP contribution in [0.5, 0.6) is 0 Å². The van der Waals surface area contributed by atoms with E-state index in [9.17, 15) is 4.39 Å². The predicted octanol–water partition coefficient (Wildman–Crippen LogP) is 0.621. The van der Waals surface area contributed by atoms with Crippen molar-refractivity contribution in [3.8, 4) is 0 Å². The molecule has 76 valence electrons. The zero-order chi connectivity index (χ0) is 10.4. The van der Waals surface area contributed by atoms with Crippen molar-refractivity contribution in [2.45, 2.75) is 6.54 Å². The summed E-state index contributed by atoms with van der Waals surface area (Å²) in [5, 5.41) is 6.59. The van der Waals surface area contributed by atoms with E-state index in [-0.39, 0.29) is 5.82 Å². The van der Waals surface area contributed by atoms with Gasteiger partial charge in [-0.05, 0) is 12.1 Å². The van der Waals surface area contributed by atoms with Gasteiger partial charge in [-0.2, -0.15) is 0 Å². The Morgan fingerprint density at radius 2 is 2.50 bits per heavy atom. The fourth-order valence-electron chi connectivity index (χ4n) is 0.777. The lowest BCUT2D eigenvalue weighted by molar-refractivity contribution is 0.460. The van der Waals surface area contributed by atoms with Gasteiger partial charge < -0.3 is 21.0 Å². The molecule has 6 heteroatoms. The van der Waals surface area contributed by atoms with Crippen LogP contribution in [0.15, 0.2) is 34.5 Å². The first-order valence-electron chi connectivity index (χ1n) is 3.91. The quantitative estimate of drug-likeness (QED) is 0.412. The van der Waals surface area contributed by atoms with Crippen molar-refractivity contribution < 1.29 is 8.81 Å². The molecule has 14 heavy (non-hydrogen) atoms. The summed E-state index contributed by atoms with van der Waals surface area (Å²) in [7, 11) is 0. The Bertz CT molecular complexity index is 320. The molecule has 0 fully saturated rings. The van der Waals surface area contributed by atoms with Gasteiger partial charge in [-0.3, -0.25) is 0 Å². The number of nitrogens with one attached hydrogen (secondary N) is 3. The van der Waals surface area contributed by atoms with E-state index in [2.05, 4.69) is 10.9 Å². The second kappa shape index (κ2) is 5.03. The molecule has 5 N–H and O–H groups in total. The van der Waals surface area contributed by atoms with Crippen LogP contribution in [-0.4, -0.2) is 6.21 Å². The summed E-state index contributed by atoms with van der Waals surface area (Å²) in [6, 6.07) is 3.51. The first-order chi connectivity index (χ1) is 6.74. The van der Waals surface area contributed by atoms with Gasteiger partial charge in [0.05, 0.1) is 19.0 Å². The van der Waals surface area contributed by atoms with Crippen molar-refractivity contribution in [3.05, 3.63) is 35.8 Å². The first kappa shape index (κ1) is 10.3. The SMILES string of the molecule is N=C/C(F)=C(\N)NNCc1ccco1. The van der Waals surface area contributed by atoms with Crippen LogP contribution in [0.2, 0.25) is 0 Å². The van der Waals surface area contributed by atoms with Crippen LogP contribution in [-0.2, 0) is 6.54 Å². The van der Waals surface area contributed by atoms with Gasteiger partial charge in [-0.1, -0.05) is 0 Å². The average Bonchev–Trinajstić information content (AvgIpc) is 2.69. The summed E-state index contributed by atoms with van der Waals surface area (Å²) in [6.45, 7) is 0.374. The van der Waals surface area contributed by atoms with E-state index in [4.69, 9.17) is 15.6 Å². The lowest BCUT2D eigenvalue weighted by Crippen LogP contribution is -2.34. The second-order valence-electron chi connectivity index (χ2n) is 2.46. The topological polar surface area (TPSA) is 87.1 Å². The molecule has 5 nitrogen and oxygen atoms in total. The van der Waals surface area contributed by atoms with E-state index in [0.29, 0.717) is 18.5 Å². The molecular weight excluding hydrogens is 187 g/mol. The van der Waals surface area contributed by atoms with Gasteiger partial charge in [0.1, 0.15) is 11.6 Å². The molecule has 0 atom stereocenters. The monoisotopic (exact) mass is 198 g/mol. The Kier molecular flexibility index (Phi) is 3.69. The lowest BCUT2D eigenvalue weighted by atomic mass is 10.5. The van der Waals surface area contributed by atoms with E-state index in [1.54, 1.807) is 12.1 Å². The van der Waals surface area contributed by atoms with Gasteiger partial charge >= 0.3 is 0 Å². The van der Waals surface area contributed by atoms with Crippen molar-refractivity contribution in [1.29, 1.82) is 5.41 Å². The fraction of sp³-hybridized carbons (Fsp3) is 0.125. The van der Waals surface area contributed by atoms with Crippen molar-refractivity contribution in [3.63, 3.8) is 0 Å². The Labute approximate surface area is 80.3 Å². The van der Waals surface area contributed by atoms with Crippen LogP contribution in [0.1, 0.15) is 5.76 Å². The maximum atomic E-state index is 12.6. The maximum Gasteiger partial charge on any atom is 0.181 e. The molecule has 0 aliphatic carbocycles.